The summed E-state index contributed by atoms with van der Waals surface area (Å²) in [6.45, 7) is 10.0. The molecule has 6 heteroatoms. The molecule has 2 unspecified atom stereocenters. The molecule has 1 saturated heterocycles. The highest BCUT2D eigenvalue weighted by Crippen LogP contribution is 2.27. The van der Waals surface area contributed by atoms with E-state index in [2.05, 4.69) is 10.3 Å². The number of amides is 2. The van der Waals surface area contributed by atoms with Gasteiger partial charge in [0.15, 0.2) is 0 Å². The highest BCUT2D eigenvalue weighted by Gasteiger charge is 2.43. The molecule has 0 aliphatic carbocycles. The average molecular weight is 295 g/mol. The molecule has 110 valence electrons. The fourth-order valence-electron chi connectivity index (χ4n) is 2.26. The summed E-state index contributed by atoms with van der Waals surface area (Å²) in [6, 6.07) is -0.915. The smallest absolute Gasteiger partial charge is 0.246 e. The Hall–Kier alpha value is -1.43. The van der Waals surface area contributed by atoms with Gasteiger partial charge in [0.2, 0.25) is 11.8 Å². The van der Waals surface area contributed by atoms with Gasteiger partial charge < -0.3 is 10.2 Å². The normalized spacial score (nSPS) is 23.9. The molecule has 1 N–H and O–H groups in total. The molecule has 2 amide bonds. The minimum Gasteiger partial charge on any atom is -0.342 e. The number of rotatable bonds is 2. The Morgan fingerprint density at radius 2 is 2.05 bits per heavy atom. The second kappa shape index (κ2) is 5.16. The maximum absolute atomic E-state index is 12.7. The Morgan fingerprint density at radius 3 is 2.55 bits per heavy atom. The number of hydrogen-bond acceptors (Lipinski definition) is 4. The SMILES string of the molecule is Cc1ncsc1CN1C(=O)C(C(C)(C)C)NC(=O)C1C. The molecular formula is C14H21N3O2S. The van der Waals surface area contributed by atoms with Crippen LogP contribution in [0.5, 0.6) is 0 Å². The van der Waals surface area contributed by atoms with Crippen LogP contribution in [-0.2, 0) is 16.1 Å². The lowest BCUT2D eigenvalue weighted by Crippen LogP contribution is -2.65. The predicted molar refractivity (Wildman–Crippen MR) is 78.2 cm³/mol. The molecule has 1 aromatic heterocycles. The van der Waals surface area contributed by atoms with Crippen LogP contribution >= 0.6 is 11.3 Å². The number of nitrogens with zero attached hydrogens (tertiary/aromatic N) is 2. The van der Waals surface area contributed by atoms with Crippen molar-refractivity contribution in [2.24, 2.45) is 5.41 Å². The average Bonchev–Trinajstić information content (AvgIpc) is 2.73. The van der Waals surface area contributed by atoms with Gasteiger partial charge in [0.05, 0.1) is 17.7 Å². The first kappa shape index (κ1) is 15.0. The van der Waals surface area contributed by atoms with Crippen LogP contribution < -0.4 is 5.32 Å². The van der Waals surface area contributed by atoms with Crippen LogP contribution in [0.15, 0.2) is 5.51 Å². The number of carbonyl (C=O) groups is 2. The van der Waals surface area contributed by atoms with Gasteiger partial charge in [-0.3, -0.25) is 9.59 Å². The highest BCUT2D eigenvalue weighted by atomic mass is 32.1. The van der Waals surface area contributed by atoms with Gasteiger partial charge in [0, 0.05) is 4.88 Å². The quantitative estimate of drug-likeness (QED) is 0.903. The van der Waals surface area contributed by atoms with Gasteiger partial charge in [-0.05, 0) is 19.3 Å². The van der Waals surface area contributed by atoms with E-state index in [4.69, 9.17) is 0 Å². The number of piperazine rings is 1. The third kappa shape index (κ3) is 2.70. The Labute approximate surface area is 123 Å². The predicted octanol–water partition coefficient (Wildman–Crippen LogP) is 1.71. The van der Waals surface area contributed by atoms with E-state index in [1.807, 2.05) is 27.7 Å². The Morgan fingerprint density at radius 1 is 1.40 bits per heavy atom. The summed E-state index contributed by atoms with van der Waals surface area (Å²) in [5.41, 5.74) is 2.40. The summed E-state index contributed by atoms with van der Waals surface area (Å²) in [5, 5.41) is 2.84. The van der Waals surface area contributed by atoms with Gasteiger partial charge in [-0.2, -0.15) is 0 Å². The van der Waals surface area contributed by atoms with E-state index in [-0.39, 0.29) is 17.2 Å². The molecule has 0 bridgehead atoms. The third-order valence-electron chi connectivity index (χ3n) is 3.69. The molecule has 5 nitrogen and oxygen atoms in total. The van der Waals surface area contributed by atoms with E-state index >= 15 is 0 Å². The van der Waals surface area contributed by atoms with Crippen molar-refractivity contribution >= 4 is 23.2 Å². The van der Waals surface area contributed by atoms with Crippen LogP contribution in [0.3, 0.4) is 0 Å². The second-order valence-corrected chi connectivity index (χ2v) is 7.25. The zero-order valence-corrected chi connectivity index (χ0v) is 13.4. The maximum atomic E-state index is 12.7. The molecule has 20 heavy (non-hydrogen) atoms. The first-order valence-electron chi connectivity index (χ1n) is 6.71. The van der Waals surface area contributed by atoms with E-state index in [1.165, 1.54) is 11.3 Å². The summed E-state index contributed by atoms with van der Waals surface area (Å²) >= 11 is 1.52. The van der Waals surface area contributed by atoms with Crippen molar-refractivity contribution in [1.29, 1.82) is 0 Å². The molecule has 2 rings (SSSR count). The number of thiazole rings is 1. The lowest BCUT2D eigenvalue weighted by Gasteiger charge is -2.42. The third-order valence-corrected chi connectivity index (χ3v) is 4.61. The number of aromatic nitrogens is 1. The number of nitrogens with one attached hydrogen (secondary N) is 1. The molecule has 1 aromatic rings. The maximum Gasteiger partial charge on any atom is 0.246 e. The van der Waals surface area contributed by atoms with E-state index in [9.17, 15) is 9.59 Å². The van der Waals surface area contributed by atoms with Crippen molar-refractivity contribution in [2.75, 3.05) is 0 Å². The Kier molecular flexibility index (Phi) is 3.86. The fourth-order valence-corrected chi connectivity index (χ4v) is 3.03. The van der Waals surface area contributed by atoms with Crippen LogP contribution in [0.2, 0.25) is 0 Å². The van der Waals surface area contributed by atoms with Crippen LogP contribution in [0, 0.1) is 12.3 Å². The molecule has 2 heterocycles. The summed E-state index contributed by atoms with van der Waals surface area (Å²) in [4.78, 5) is 31.7. The molecule has 2 atom stereocenters. The zero-order chi connectivity index (χ0) is 15.1. The van der Waals surface area contributed by atoms with Crippen molar-refractivity contribution in [3.8, 4) is 0 Å². The van der Waals surface area contributed by atoms with Crippen LogP contribution in [-0.4, -0.2) is 33.8 Å². The first-order chi connectivity index (χ1) is 9.21. The standard InChI is InChI=1S/C14H21N3O2S/c1-8-10(20-7-15-8)6-17-9(2)12(18)16-11(13(17)19)14(3,4)5/h7,9,11H,6H2,1-5H3,(H,16,18). The minimum absolute atomic E-state index is 0.0163. The topological polar surface area (TPSA) is 62.3 Å². The highest BCUT2D eigenvalue weighted by molar-refractivity contribution is 7.09. The monoisotopic (exact) mass is 295 g/mol. The number of carbonyl (C=O) groups excluding carboxylic acids is 2. The second-order valence-electron chi connectivity index (χ2n) is 6.31. The van der Waals surface area contributed by atoms with Gasteiger partial charge in [0.1, 0.15) is 12.1 Å². The molecule has 0 radical (unpaired) electrons. The number of aryl methyl sites for hydroxylation is 1. The summed E-state index contributed by atoms with van der Waals surface area (Å²) < 4.78 is 0. The van der Waals surface area contributed by atoms with E-state index in [0.29, 0.717) is 6.54 Å². The Balaban J connectivity index is 2.27. The zero-order valence-electron chi connectivity index (χ0n) is 12.6. The van der Waals surface area contributed by atoms with Crippen LogP contribution in [0.1, 0.15) is 38.3 Å². The van der Waals surface area contributed by atoms with Crippen LogP contribution in [0.25, 0.3) is 0 Å². The molecule has 1 aliphatic rings. The lowest BCUT2D eigenvalue weighted by molar-refractivity contribution is -0.152. The molecule has 0 aromatic carbocycles. The summed E-state index contributed by atoms with van der Waals surface area (Å²) in [7, 11) is 0. The minimum atomic E-state index is -0.473. The Bertz CT molecular complexity index is 533. The number of hydrogen-bond donors (Lipinski definition) is 1. The lowest BCUT2D eigenvalue weighted by atomic mass is 9.84. The molecule has 1 aliphatic heterocycles. The fraction of sp³-hybridized carbons (Fsp3) is 0.643. The molecule has 0 saturated carbocycles. The first-order valence-corrected chi connectivity index (χ1v) is 7.59. The molecule has 0 spiro atoms. The van der Waals surface area contributed by atoms with Gasteiger partial charge in [-0.1, -0.05) is 20.8 Å². The van der Waals surface area contributed by atoms with Crippen molar-refractivity contribution in [3.05, 3.63) is 16.1 Å². The van der Waals surface area contributed by atoms with Crippen LogP contribution in [0.4, 0.5) is 0 Å². The van der Waals surface area contributed by atoms with Crippen molar-refractivity contribution in [3.63, 3.8) is 0 Å². The summed E-state index contributed by atoms with van der Waals surface area (Å²) in [6.07, 6.45) is 0. The van der Waals surface area contributed by atoms with Gasteiger partial charge in [0.25, 0.3) is 0 Å². The summed E-state index contributed by atoms with van der Waals surface area (Å²) in [5.74, 6) is -0.107. The molecular weight excluding hydrogens is 274 g/mol. The van der Waals surface area contributed by atoms with Gasteiger partial charge in [-0.15, -0.1) is 11.3 Å². The van der Waals surface area contributed by atoms with Crippen molar-refractivity contribution < 1.29 is 9.59 Å². The van der Waals surface area contributed by atoms with E-state index in [1.54, 1.807) is 17.3 Å². The molecule has 1 fully saturated rings. The van der Waals surface area contributed by atoms with Gasteiger partial charge >= 0.3 is 0 Å². The van der Waals surface area contributed by atoms with Crippen molar-refractivity contribution in [2.45, 2.75) is 53.2 Å². The van der Waals surface area contributed by atoms with E-state index < -0.39 is 12.1 Å². The van der Waals surface area contributed by atoms with Gasteiger partial charge in [-0.25, -0.2) is 4.98 Å². The van der Waals surface area contributed by atoms with Crippen molar-refractivity contribution in [1.82, 2.24) is 15.2 Å². The largest absolute Gasteiger partial charge is 0.342 e. The van der Waals surface area contributed by atoms with E-state index in [0.717, 1.165) is 10.6 Å².